The van der Waals surface area contributed by atoms with Crippen molar-refractivity contribution in [2.24, 2.45) is 0 Å². The Balaban J connectivity index is 2.33. The lowest BCUT2D eigenvalue weighted by molar-refractivity contribution is 0.400. The van der Waals surface area contributed by atoms with Crippen LogP contribution < -0.4 is 0 Å². The standard InChI is InChI=1S/C10H15ClN2/c1-13(2)7-3-4-9-5-6-10(11)12-8-9/h5-6,8H,3-4,7H2,1-2H3. The van der Waals surface area contributed by atoms with Gasteiger partial charge in [-0.15, -0.1) is 0 Å². The van der Waals surface area contributed by atoms with Crippen LogP contribution in [0.2, 0.25) is 5.15 Å². The summed E-state index contributed by atoms with van der Waals surface area (Å²) >= 11 is 5.68. The third-order valence-corrected chi connectivity index (χ3v) is 2.08. The minimum absolute atomic E-state index is 0.566. The fourth-order valence-corrected chi connectivity index (χ4v) is 1.27. The zero-order valence-electron chi connectivity index (χ0n) is 8.13. The van der Waals surface area contributed by atoms with E-state index < -0.39 is 0 Å². The molecule has 0 aliphatic carbocycles. The average Bonchev–Trinajstić information content (AvgIpc) is 2.08. The smallest absolute Gasteiger partial charge is 0.129 e. The van der Waals surface area contributed by atoms with Crippen LogP contribution in [-0.4, -0.2) is 30.5 Å². The molecule has 0 fully saturated rings. The monoisotopic (exact) mass is 198 g/mol. The van der Waals surface area contributed by atoms with Gasteiger partial charge in [0.25, 0.3) is 0 Å². The number of rotatable bonds is 4. The molecule has 13 heavy (non-hydrogen) atoms. The first-order valence-electron chi connectivity index (χ1n) is 4.43. The molecule has 0 bridgehead atoms. The Bertz CT molecular complexity index is 244. The van der Waals surface area contributed by atoms with Gasteiger partial charge in [0.1, 0.15) is 5.15 Å². The van der Waals surface area contributed by atoms with Gasteiger partial charge in [0.2, 0.25) is 0 Å². The highest BCUT2D eigenvalue weighted by Gasteiger charge is 1.95. The number of aromatic nitrogens is 1. The van der Waals surface area contributed by atoms with E-state index in [0.717, 1.165) is 19.4 Å². The molecule has 0 amide bonds. The van der Waals surface area contributed by atoms with E-state index in [1.165, 1.54) is 5.56 Å². The summed E-state index contributed by atoms with van der Waals surface area (Å²) in [6.07, 6.45) is 4.08. The fraction of sp³-hybridized carbons (Fsp3) is 0.500. The second-order valence-corrected chi connectivity index (χ2v) is 3.78. The topological polar surface area (TPSA) is 16.1 Å². The Kier molecular flexibility index (Phi) is 4.19. The Morgan fingerprint density at radius 3 is 2.69 bits per heavy atom. The van der Waals surface area contributed by atoms with E-state index in [4.69, 9.17) is 11.6 Å². The van der Waals surface area contributed by atoms with Gasteiger partial charge in [0.05, 0.1) is 0 Å². The molecule has 0 aromatic carbocycles. The molecule has 0 spiro atoms. The van der Waals surface area contributed by atoms with E-state index >= 15 is 0 Å². The van der Waals surface area contributed by atoms with Gasteiger partial charge in [-0.2, -0.15) is 0 Å². The first-order chi connectivity index (χ1) is 6.18. The van der Waals surface area contributed by atoms with Crippen LogP contribution in [-0.2, 0) is 6.42 Å². The second kappa shape index (κ2) is 5.20. The number of pyridine rings is 1. The maximum atomic E-state index is 5.68. The molecular weight excluding hydrogens is 184 g/mol. The Morgan fingerprint density at radius 1 is 1.38 bits per heavy atom. The molecule has 0 atom stereocenters. The van der Waals surface area contributed by atoms with E-state index in [2.05, 4.69) is 24.0 Å². The molecule has 0 saturated carbocycles. The molecule has 1 heterocycles. The van der Waals surface area contributed by atoms with Crippen molar-refractivity contribution in [3.63, 3.8) is 0 Å². The van der Waals surface area contributed by atoms with Gasteiger partial charge in [-0.3, -0.25) is 0 Å². The molecular formula is C10H15ClN2. The lowest BCUT2D eigenvalue weighted by Gasteiger charge is -2.08. The first-order valence-corrected chi connectivity index (χ1v) is 4.81. The summed E-state index contributed by atoms with van der Waals surface area (Å²) in [5.74, 6) is 0. The van der Waals surface area contributed by atoms with Gasteiger partial charge in [-0.25, -0.2) is 4.98 Å². The van der Waals surface area contributed by atoms with Crippen molar-refractivity contribution in [1.82, 2.24) is 9.88 Å². The summed E-state index contributed by atoms with van der Waals surface area (Å²) < 4.78 is 0. The summed E-state index contributed by atoms with van der Waals surface area (Å²) in [4.78, 5) is 6.21. The first kappa shape index (κ1) is 10.5. The third-order valence-electron chi connectivity index (χ3n) is 1.86. The maximum absolute atomic E-state index is 5.68. The van der Waals surface area contributed by atoms with Crippen molar-refractivity contribution in [3.05, 3.63) is 29.0 Å². The molecule has 1 aromatic rings. The summed E-state index contributed by atoms with van der Waals surface area (Å²) in [5, 5.41) is 0.566. The van der Waals surface area contributed by atoms with Crippen LogP contribution >= 0.6 is 11.6 Å². The van der Waals surface area contributed by atoms with Gasteiger partial charge in [-0.05, 0) is 45.1 Å². The summed E-state index contributed by atoms with van der Waals surface area (Å²) in [7, 11) is 4.17. The van der Waals surface area contributed by atoms with Crippen molar-refractivity contribution in [2.75, 3.05) is 20.6 Å². The van der Waals surface area contributed by atoms with E-state index in [9.17, 15) is 0 Å². The molecule has 2 nitrogen and oxygen atoms in total. The highest BCUT2D eigenvalue weighted by Crippen LogP contribution is 2.07. The predicted octanol–water partition coefficient (Wildman–Crippen LogP) is 2.23. The maximum Gasteiger partial charge on any atom is 0.129 e. The van der Waals surface area contributed by atoms with Gasteiger partial charge in [-0.1, -0.05) is 17.7 Å². The SMILES string of the molecule is CN(C)CCCc1ccc(Cl)nc1. The van der Waals surface area contributed by atoms with Crippen molar-refractivity contribution >= 4 is 11.6 Å². The number of aryl methyl sites for hydroxylation is 1. The van der Waals surface area contributed by atoms with Crippen molar-refractivity contribution in [3.8, 4) is 0 Å². The van der Waals surface area contributed by atoms with Gasteiger partial charge >= 0.3 is 0 Å². The molecule has 3 heteroatoms. The zero-order valence-corrected chi connectivity index (χ0v) is 8.88. The Hall–Kier alpha value is -0.600. The van der Waals surface area contributed by atoms with Gasteiger partial charge < -0.3 is 4.90 Å². The van der Waals surface area contributed by atoms with E-state index in [1.54, 1.807) is 0 Å². The lowest BCUT2D eigenvalue weighted by Crippen LogP contribution is -2.13. The minimum Gasteiger partial charge on any atom is -0.309 e. The summed E-state index contributed by atoms with van der Waals surface area (Å²) in [6.45, 7) is 1.11. The molecule has 0 unspecified atom stereocenters. The quantitative estimate of drug-likeness (QED) is 0.690. The van der Waals surface area contributed by atoms with Crippen molar-refractivity contribution in [1.29, 1.82) is 0 Å². The number of hydrogen-bond acceptors (Lipinski definition) is 2. The van der Waals surface area contributed by atoms with Crippen LogP contribution in [0.4, 0.5) is 0 Å². The van der Waals surface area contributed by atoms with Crippen LogP contribution in [0.1, 0.15) is 12.0 Å². The Morgan fingerprint density at radius 2 is 2.15 bits per heavy atom. The molecule has 1 aromatic heterocycles. The van der Waals surface area contributed by atoms with Crippen molar-refractivity contribution < 1.29 is 0 Å². The van der Waals surface area contributed by atoms with Crippen molar-refractivity contribution in [2.45, 2.75) is 12.8 Å². The molecule has 0 saturated heterocycles. The Labute approximate surface area is 84.5 Å². The fourth-order valence-electron chi connectivity index (χ4n) is 1.15. The zero-order chi connectivity index (χ0) is 9.68. The van der Waals surface area contributed by atoms with Crippen LogP contribution in [0, 0.1) is 0 Å². The molecule has 0 N–H and O–H groups in total. The highest BCUT2D eigenvalue weighted by molar-refractivity contribution is 6.29. The van der Waals surface area contributed by atoms with Crippen LogP contribution in [0.5, 0.6) is 0 Å². The van der Waals surface area contributed by atoms with Crippen LogP contribution in [0.3, 0.4) is 0 Å². The summed E-state index contributed by atoms with van der Waals surface area (Å²) in [6, 6.07) is 3.87. The van der Waals surface area contributed by atoms with E-state index in [1.807, 2.05) is 18.3 Å². The highest BCUT2D eigenvalue weighted by atomic mass is 35.5. The molecule has 1 rings (SSSR count). The van der Waals surface area contributed by atoms with Crippen LogP contribution in [0.25, 0.3) is 0 Å². The number of halogens is 1. The molecule has 0 radical (unpaired) electrons. The van der Waals surface area contributed by atoms with Gasteiger partial charge in [0.15, 0.2) is 0 Å². The average molecular weight is 199 g/mol. The van der Waals surface area contributed by atoms with E-state index in [0.29, 0.717) is 5.15 Å². The minimum atomic E-state index is 0.566. The lowest BCUT2D eigenvalue weighted by atomic mass is 10.1. The molecule has 0 aliphatic heterocycles. The van der Waals surface area contributed by atoms with E-state index in [-0.39, 0.29) is 0 Å². The predicted molar refractivity (Wildman–Crippen MR) is 56.1 cm³/mol. The number of nitrogens with zero attached hydrogens (tertiary/aromatic N) is 2. The largest absolute Gasteiger partial charge is 0.309 e. The molecule has 72 valence electrons. The summed E-state index contributed by atoms with van der Waals surface area (Å²) in [5.41, 5.74) is 1.26. The second-order valence-electron chi connectivity index (χ2n) is 3.40. The normalized spacial score (nSPS) is 10.8. The number of hydrogen-bond donors (Lipinski definition) is 0. The molecule has 0 aliphatic rings. The van der Waals surface area contributed by atoms with Crippen LogP contribution in [0.15, 0.2) is 18.3 Å². The third kappa shape index (κ3) is 4.25. The van der Waals surface area contributed by atoms with Gasteiger partial charge in [0, 0.05) is 6.20 Å².